The first-order chi connectivity index (χ1) is 13.1. The van der Waals surface area contributed by atoms with E-state index in [4.69, 9.17) is 39.5 Å². The maximum absolute atomic E-state index is 11.8. The fourth-order valence-electron chi connectivity index (χ4n) is 4.08. The molecule has 0 radical (unpaired) electrons. The maximum Gasteiger partial charge on any atom is 0.181 e. The fraction of sp³-hybridized carbons (Fsp3) is 0.429. The van der Waals surface area contributed by atoms with Gasteiger partial charge in [0, 0.05) is 18.4 Å². The Morgan fingerprint density at radius 3 is 2.25 bits per heavy atom. The molecule has 1 spiro atoms. The highest BCUT2D eigenvalue weighted by molar-refractivity contribution is 7.90. The van der Waals surface area contributed by atoms with Crippen molar-refractivity contribution < 1.29 is 13.2 Å². The van der Waals surface area contributed by atoms with Crippen molar-refractivity contribution in [2.45, 2.75) is 41.0 Å². The number of alkyl halides is 2. The number of benzene rings is 1. The number of hydrogen-bond donors (Lipinski definition) is 0. The van der Waals surface area contributed by atoms with Gasteiger partial charge in [-0.3, -0.25) is 0 Å². The van der Waals surface area contributed by atoms with Gasteiger partial charge in [0.25, 0.3) is 0 Å². The van der Waals surface area contributed by atoms with E-state index in [1.54, 1.807) is 18.2 Å². The van der Waals surface area contributed by atoms with Crippen molar-refractivity contribution in [3.8, 4) is 0 Å². The third kappa shape index (κ3) is 3.48. The lowest BCUT2D eigenvalue weighted by Crippen LogP contribution is -2.35. The minimum Gasteiger partial charge on any atom is -0.357 e. The second kappa shape index (κ2) is 6.88. The Hall–Kier alpha value is -0.780. The van der Waals surface area contributed by atoms with Crippen LogP contribution in [-0.2, 0) is 14.6 Å². The highest BCUT2D eigenvalue weighted by Gasteiger charge is 2.50. The second-order valence-electron chi connectivity index (χ2n) is 7.97. The lowest BCUT2D eigenvalue weighted by molar-refractivity contribution is 0.108. The van der Waals surface area contributed by atoms with Gasteiger partial charge in [-0.15, -0.1) is 11.6 Å². The van der Waals surface area contributed by atoms with Gasteiger partial charge in [-0.2, -0.15) is 0 Å². The molecule has 2 atom stereocenters. The first-order valence-corrected chi connectivity index (χ1v) is 12.2. The van der Waals surface area contributed by atoms with Crippen molar-refractivity contribution >= 4 is 50.2 Å². The van der Waals surface area contributed by atoms with E-state index < -0.39 is 20.3 Å². The van der Waals surface area contributed by atoms with Crippen LogP contribution < -0.4 is 0 Å². The molecule has 7 heteroatoms. The number of sulfone groups is 1. The summed E-state index contributed by atoms with van der Waals surface area (Å²) in [5, 5.41) is -1.35. The molecule has 1 aromatic carbocycles. The molecule has 0 bridgehead atoms. The van der Waals surface area contributed by atoms with Crippen LogP contribution in [0.15, 0.2) is 57.5 Å². The molecular weight excluding hydrogens is 439 g/mol. The number of ether oxygens (including phenoxy) is 1. The molecule has 3 aliphatic rings. The summed E-state index contributed by atoms with van der Waals surface area (Å²) in [7, 11) is -1.72. The van der Waals surface area contributed by atoms with E-state index in [-0.39, 0.29) is 0 Å². The highest BCUT2D eigenvalue weighted by atomic mass is 35.5. The number of allylic oxidation sites excluding steroid dienone is 4. The molecule has 0 aliphatic heterocycles. The predicted octanol–water partition coefficient (Wildman–Crippen LogP) is 5.67. The van der Waals surface area contributed by atoms with Crippen LogP contribution in [0.3, 0.4) is 0 Å². The van der Waals surface area contributed by atoms with Gasteiger partial charge < -0.3 is 4.74 Å². The Morgan fingerprint density at radius 1 is 1.11 bits per heavy atom. The van der Waals surface area contributed by atoms with E-state index in [2.05, 4.69) is 0 Å². The van der Waals surface area contributed by atoms with E-state index in [1.807, 2.05) is 18.2 Å². The molecule has 1 saturated carbocycles. The minimum atomic E-state index is -3.22. The van der Waals surface area contributed by atoms with Crippen molar-refractivity contribution in [1.82, 2.24) is 0 Å². The Morgan fingerprint density at radius 2 is 1.71 bits per heavy atom. The predicted molar refractivity (Wildman–Crippen MR) is 115 cm³/mol. The monoisotopic (exact) mass is 458 g/mol. The van der Waals surface area contributed by atoms with E-state index in [9.17, 15) is 8.42 Å². The molecule has 0 amide bonds. The third-order valence-corrected chi connectivity index (χ3v) is 8.81. The molecule has 1 aromatic rings. The first kappa shape index (κ1) is 20.5. The first-order valence-electron chi connectivity index (χ1n) is 9.08. The zero-order chi connectivity index (χ0) is 20.3. The standard InChI is InChI=1S/C21H21Cl3O3S/c1-27-21(24)8-7-15(18(22)19(21)23)17-12-20(9-10-20)11-16(17)13-3-5-14(6-4-13)28(2,25)26/h3-8,19H,9-12H2,1-2H3. The Kier molecular flexibility index (Phi) is 5.04. The Balaban J connectivity index is 1.78. The van der Waals surface area contributed by atoms with Gasteiger partial charge in [0.2, 0.25) is 0 Å². The smallest absolute Gasteiger partial charge is 0.181 e. The van der Waals surface area contributed by atoms with Crippen LogP contribution in [-0.4, -0.2) is 32.2 Å². The van der Waals surface area contributed by atoms with Gasteiger partial charge in [-0.25, -0.2) is 8.42 Å². The molecule has 4 rings (SSSR count). The number of rotatable bonds is 4. The minimum absolute atomic E-state index is 0.302. The quantitative estimate of drug-likeness (QED) is 0.545. The van der Waals surface area contributed by atoms with Crippen LogP contribution in [0, 0.1) is 5.41 Å². The topological polar surface area (TPSA) is 43.4 Å². The second-order valence-corrected chi connectivity index (χ2v) is 11.4. The van der Waals surface area contributed by atoms with E-state index in [0.717, 1.165) is 24.0 Å². The summed E-state index contributed by atoms with van der Waals surface area (Å²) in [5.74, 6) is 0. The van der Waals surface area contributed by atoms with Crippen LogP contribution in [0.1, 0.15) is 31.2 Å². The number of hydrogen-bond acceptors (Lipinski definition) is 3. The van der Waals surface area contributed by atoms with E-state index in [1.165, 1.54) is 37.4 Å². The molecule has 0 heterocycles. The van der Waals surface area contributed by atoms with Gasteiger partial charge >= 0.3 is 0 Å². The molecule has 150 valence electrons. The molecule has 2 unspecified atom stereocenters. The molecule has 0 N–H and O–H groups in total. The lowest BCUT2D eigenvalue weighted by atomic mass is 9.92. The largest absolute Gasteiger partial charge is 0.357 e. The zero-order valence-electron chi connectivity index (χ0n) is 15.6. The van der Waals surface area contributed by atoms with Crippen molar-refractivity contribution in [2.24, 2.45) is 5.41 Å². The van der Waals surface area contributed by atoms with Crippen LogP contribution in [0.5, 0.6) is 0 Å². The van der Waals surface area contributed by atoms with Crippen molar-refractivity contribution in [2.75, 3.05) is 13.4 Å². The normalized spacial score (nSPS) is 29.1. The Labute approximate surface area is 180 Å². The summed E-state index contributed by atoms with van der Waals surface area (Å²) in [6.07, 6.45) is 9.16. The summed E-state index contributed by atoms with van der Waals surface area (Å²) in [6, 6.07) is 7.10. The molecule has 28 heavy (non-hydrogen) atoms. The molecule has 0 aromatic heterocycles. The third-order valence-electron chi connectivity index (χ3n) is 6.00. The van der Waals surface area contributed by atoms with Gasteiger partial charge in [0.05, 0.1) is 4.90 Å². The molecular formula is C21H21Cl3O3S. The van der Waals surface area contributed by atoms with Gasteiger partial charge in [-0.1, -0.05) is 41.4 Å². The van der Waals surface area contributed by atoms with Crippen LogP contribution in [0.4, 0.5) is 0 Å². The van der Waals surface area contributed by atoms with Crippen LogP contribution in [0.2, 0.25) is 0 Å². The van der Waals surface area contributed by atoms with Crippen molar-refractivity contribution in [1.29, 1.82) is 0 Å². The highest BCUT2D eigenvalue weighted by Crippen LogP contribution is 2.63. The van der Waals surface area contributed by atoms with Crippen molar-refractivity contribution in [3.05, 3.63) is 58.2 Å². The molecule has 0 saturated heterocycles. The summed E-state index contributed by atoms with van der Waals surface area (Å²) >= 11 is 19.6. The summed E-state index contributed by atoms with van der Waals surface area (Å²) in [6.45, 7) is 0. The zero-order valence-corrected chi connectivity index (χ0v) is 18.7. The molecule has 3 aliphatic carbocycles. The average Bonchev–Trinajstić information content (AvgIpc) is 3.31. The van der Waals surface area contributed by atoms with Gasteiger partial charge in [0.1, 0.15) is 5.38 Å². The number of halogens is 3. The average molecular weight is 460 g/mol. The fourth-order valence-corrected chi connectivity index (χ4v) is 5.56. The van der Waals surface area contributed by atoms with E-state index in [0.29, 0.717) is 15.3 Å². The Bertz CT molecular complexity index is 1020. The maximum atomic E-state index is 11.8. The van der Waals surface area contributed by atoms with Crippen LogP contribution >= 0.6 is 34.8 Å². The van der Waals surface area contributed by atoms with E-state index >= 15 is 0 Å². The number of methoxy groups -OCH3 is 1. The van der Waals surface area contributed by atoms with Gasteiger partial charge in [-0.05, 0) is 71.6 Å². The SMILES string of the molecule is COC1(Cl)C=CC(C2=C(c3ccc(S(C)(=O)=O)cc3)CC3(CC3)C2)=C(Cl)C1Cl. The van der Waals surface area contributed by atoms with Gasteiger partial charge in [0.15, 0.2) is 14.9 Å². The lowest BCUT2D eigenvalue weighted by Gasteiger charge is -2.31. The summed E-state index contributed by atoms with van der Waals surface area (Å²) < 4.78 is 28.9. The van der Waals surface area contributed by atoms with Crippen LogP contribution in [0.25, 0.3) is 5.57 Å². The summed E-state index contributed by atoms with van der Waals surface area (Å²) in [4.78, 5) is 0.320. The summed E-state index contributed by atoms with van der Waals surface area (Å²) in [5.41, 5.74) is 4.61. The molecule has 3 nitrogen and oxygen atoms in total. The molecule has 1 fully saturated rings. The van der Waals surface area contributed by atoms with Crippen molar-refractivity contribution in [3.63, 3.8) is 0 Å².